The van der Waals surface area contributed by atoms with Gasteiger partial charge in [0.25, 0.3) is 0 Å². The Morgan fingerprint density at radius 1 is 1.42 bits per heavy atom. The van der Waals surface area contributed by atoms with Crippen LogP contribution in [-0.4, -0.2) is 42.4 Å². The van der Waals surface area contributed by atoms with Crippen LogP contribution in [0.1, 0.15) is 32.8 Å². The largest absolute Gasteiger partial charge is 0.465 e. The maximum atomic E-state index is 12.4. The molecule has 0 atom stereocenters. The Bertz CT molecular complexity index is 567. The van der Waals surface area contributed by atoms with Crippen LogP contribution in [-0.2, 0) is 18.2 Å². The van der Waals surface area contributed by atoms with Crippen molar-refractivity contribution in [3.63, 3.8) is 0 Å². The van der Waals surface area contributed by atoms with E-state index >= 15 is 0 Å². The van der Waals surface area contributed by atoms with Gasteiger partial charge in [-0.25, -0.2) is 4.79 Å². The molecule has 19 heavy (non-hydrogen) atoms. The van der Waals surface area contributed by atoms with Crippen molar-refractivity contribution in [2.75, 3.05) is 21.2 Å². The molecule has 1 heterocycles. The highest BCUT2D eigenvalue weighted by Crippen LogP contribution is 2.29. The van der Waals surface area contributed by atoms with Gasteiger partial charge in [-0.05, 0) is 18.4 Å². The van der Waals surface area contributed by atoms with Gasteiger partial charge in [-0.1, -0.05) is 0 Å². The molecular weight excluding hydrogens is 244 g/mol. The summed E-state index contributed by atoms with van der Waals surface area (Å²) in [5.74, 6) is -0.391. The van der Waals surface area contributed by atoms with Crippen LogP contribution in [0.25, 0.3) is 0 Å². The van der Waals surface area contributed by atoms with Crippen LogP contribution in [0.2, 0.25) is 0 Å². The van der Waals surface area contributed by atoms with Gasteiger partial charge in [0, 0.05) is 39.1 Å². The lowest BCUT2D eigenvalue weighted by Gasteiger charge is -2.18. The van der Waals surface area contributed by atoms with E-state index in [1.807, 2.05) is 25.2 Å². The molecule has 0 aromatic carbocycles. The minimum absolute atomic E-state index is 0.00685. The Morgan fingerprint density at radius 3 is 2.68 bits per heavy atom. The summed E-state index contributed by atoms with van der Waals surface area (Å²) >= 11 is 0. The summed E-state index contributed by atoms with van der Waals surface area (Å²) in [4.78, 5) is 26.0. The van der Waals surface area contributed by atoms with E-state index in [1.54, 1.807) is 17.8 Å². The monoisotopic (exact) mass is 262 g/mol. The summed E-state index contributed by atoms with van der Waals surface area (Å²) in [5, 5.41) is 0. The number of aromatic nitrogens is 1. The number of aryl methyl sites for hydroxylation is 1. The van der Waals surface area contributed by atoms with E-state index in [1.165, 1.54) is 7.11 Å². The van der Waals surface area contributed by atoms with Gasteiger partial charge < -0.3 is 14.2 Å². The van der Waals surface area contributed by atoms with Crippen molar-refractivity contribution in [1.29, 1.82) is 0 Å². The molecule has 0 N–H and O–H groups in total. The molecule has 0 saturated heterocycles. The maximum absolute atomic E-state index is 12.4. The minimum Gasteiger partial charge on any atom is -0.465 e. The van der Waals surface area contributed by atoms with Crippen molar-refractivity contribution in [1.82, 2.24) is 9.47 Å². The fourth-order valence-electron chi connectivity index (χ4n) is 2.47. The average Bonchev–Trinajstić information content (AvgIpc) is 2.69. The molecule has 0 fully saturated rings. The average molecular weight is 262 g/mol. The zero-order valence-corrected chi connectivity index (χ0v) is 11.7. The molecular formula is C14H18N2O3. The molecule has 0 unspecified atom stereocenters. The number of Topliss-reactive ketones (excluding diaryl/α,β-unsaturated/α-hetero) is 1. The molecule has 5 nitrogen and oxygen atoms in total. The van der Waals surface area contributed by atoms with E-state index in [0.29, 0.717) is 24.1 Å². The predicted molar refractivity (Wildman–Crippen MR) is 71.2 cm³/mol. The molecule has 1 aromatic rings. The first-order valence-corrected chi connectivity index (χ1v) is 6.14. The highest BCUT2D eigenvalue weighted by atomic mass is 16.5. The summed E-state index contributed by atoms with van der Waals surface area (Å²) < 4.78 is 6.47. The van der Waals surface area contributed by atoms with E-state index in [0.717, 1.165) is 11.1 Å². The second-order valence-corrected chi connectivity index (χ2v) is 4.92. The number of esters is 1. The molecule has 2 rings (SSSR count). The Kier molecular flexibility index (Phi) is 3.46. The third-order valence-corrected chi connectivity index (χ3v) is 3.26. The first kappa shape index (κ1) is 13.4. The first-order valence-electron chi connectivity index (χ1n) is 6.14. The Balaban J connectivity index is 2.49. The molecule has 0 aliphatic heterocycles. The second-order valence-electron chi connectivity index (χ2n) is 4.92. The lowest BCUT2D eigenvalue weighted by Crippen LogP contribution is -2.19. The molecule has 102 valence electrons. The zero-order chi connectivity index (χ0) is 14.2. The lowest BCUT2D eigenvalue weighted by atomic mass is 9.90. The van der Waals surface area contributed by atoms with Crippen LogP contribution in [0.3, 0.4) is 0 Å². The number of nitrogens with zero attached hydrogens (tertiary/aromatic N) is 2. The standard InChI is InChI=1S/C14H18N2O3/c1-15(2)7-9-5-6-10-11(14(18)19-4)8-16(3)12(10)13(9)17/h7-8H,5-6H2,1-4H3/b9-7+. The fourth-order valence-corrected chi connectivity index (χ4v) is 2.47. The maximum Gasteiger partial charge on any atom is 0.339 e. The Labute approximate surface area is 112 Å². The van der Waals surface area contributed by atoms with Crippen molar-refractivity contribution < 1.29 is 14.3 Å². The number of methoxy groups -OCH3 is 1. The molecule has 0 saturated carbocycles. The van der Waals surface area contributed by atoms with Gasteiger partial charge in [0.05, 0.1) is 18.4 Å². The van der Waals surface area contributed by atoms with Crippen LogP contribution in [0.5, 0.6) is 0 Å². The minimum atomic E-state index is -0.385. The number of carbonyl (C=O) groups excluding carboxylic acids is 2. The van der Waals surface area contributed by atoms with Gasteiger partial charge in [-0.3, -0.25) is 4.79 Å². The van der Waals surface area contributed by atoms with Gasteiger partial charge in [0.15, 0.2) is 0 Å². The number of hydrogen-bond donors (Lipinski definition) is 0. The van der Waals surface area contributed by atoms with E-state index in [4.69, 9.17) is 4.74 Å². The highest BCUT2D eigenvalue weighted by molar-refractivity contribution is 6.11. The molecule has 0 amide bonds. The fraction of sp³-hybridized carbons (Fsp3) is 0.429. The third kappa shape index (κ3) is 2.28. The van der Waals surface area contributed by atoms with Crippen molar-refractivity contribution in [2.45, 2.75) is 12.8 Å². The number of ether oxygens (including phenoxy) is 1. The zero-order valence-electron chi connectivity index (χ0n) is 11.7. The van der Waals surface area contributed by atoms with E-state index in [9.17, 15) is 9.59 Å². The summed E-state index contributed by atoms with van der Waals surface area (Å²) in [6.07, 6.45) is 4.85. The smallest absolute Gasteiger partial charge is 0.339 e. The van der Waals surface area contributed by atoms with Crippen molar-refractivity contribution in [2.24, 2.45) is 7.05 Å². The van der Waals surface area contributed by atoms with Crippen molar-refractivity contribution >= 4 is 11.8 Å². The molecule has 5 heteroatoms. The van der Waals surface area contributed by atoms with Crippen LogP contribution < -0.4 is 0 Å². The topological polar surface area (TPSA) is 51.5 Å². The Morgan fingerprint density at radius 2 is 2.11 bits per heavy atom. The van der Waals surface area contributed by atoms with E-state index < -0.39 is 0 Å². The van der Waals surface area contributed by atoms with Crippen LogP contribution >= 0.6 is 0 Å². The van der Waals surface area contributed by atoms with Gasteiger partial charge in [0.2, 0.25) is 5.78 Å². The molecule has 1 aliphatic rings. The number of rotatable bonds is 2. The predicted octanol–water partition coefficient (Wildman–Crippen LogP) is 1.39. The number of allylic oxidation sites excluding steroid dienone is 1. The van der Waals surface area contributed by atoms with E-state index in [-0.39, 0.29) is 11.8 Å². The molecule has 0 spiro atoms. The van der Waals surface area contributed by atoms with E-state index in [2.05, 4.69) is 0 Å². The highest BCUT2D eigenvalue weighted by Gasteiger charge is 2.30. The van der Waals surface area contributed by atoms with Crippen LogP contribution in [0.15, 0.2) is 18.0 Å². The first-order chi connectivity index (χ1) is 8.95. The second kappa shape index (κ2) is 4.91. The summed E-state index contributed by atoms with van der Waals surface area (Å²) in [6, 6.07) is 0. The van der Waals surface area contributed by atoms with Crippen LogP contribution in [0.4, 0.5) is 0 Å². The number of carbonyl (C=O) groups is 2. The quantitative estimate of drug-likeness (QED) is 0.597. The summed E-state index contributed by atoms with van der Waals surface area (Å²) in [5.41, 5.74) is 2.67. The SMILES string of the molecule is COC(=O)c1cn(C)c2c1CC/C(=C\N(C)C)C2=O. The number of hydrogen-bond acceptors (Lipinski definition) is 4. The van der Waals surface area contributed by atoms with Crippen LogP contribution in [0, 0.1) is 0 Å². The number of ketones is 1. The normalized spacial score (nSPS) is 16.4. The van der Waals surface area contributed by atoms with Gasteiger partial charge in [0.1, 0.15) is 0 Å². The molecule has 1 aromatic heterocycles. The van der Waals surface area contributed by atoms with Crippen molar-refractivity contribution in [3.05, 3.63) is 34.8 Å². The Hall–Kier alpha value is -2.04. The molecule has 0 bridgehead atoms. The molecule has 0 radical (unpaired) electrons. The lowest BCUT2D eigenvalue weighted by molar-refractivity contribution is 0.0599. The van der Waals surface area contributed by atoms with Gasteiger partial charge in [-0.2, -0.15) is 0 Å². The number of fused-ring (bicyclic) bond motifs is 1. The van der Waals surface area contributed by atoms with Gasteiger partial charge >= 0.3 is 5.97 Å². The molecule has 1 aliphatic carbocycles. The summed E-state index contributed by atoms with van der Waals surface area (Å²) in [7, 11) is 6.91. The van der Waals surface area contributed by atoms with Gasteiger partial charge in [-0.15, -0.1) is 0 Å². The third-order valence-electron chi connectivity index (χ3n) is 3.26. The van der Waals surface area contributed by atoms with Crippen molar-refractivity contribution in [3.8, 4) is 0 Å². The summed E-state index contributed by atoms with van der Waals surface area (Å²) in [6.45, 7) is 0.